The second-order valence-corrected chi connectivity index (χ2v) is 7.01. The van der Waals surface area contributed by atoms with Crippen molar-refractivity contribution in [2.75, 3.05) is 0 Å². The van der Waals surface area contributed by atoms with E-state index in [1.54, 1.807) is 6.92 Å². The van der Waals surface area contributed by atoms with Gasteiger partial charge in [0, 0.05) is 11.3 Å². The Morgan fingerprint density at radius 1 is 1.45 bits per heavy atom. The maximum absolute atomic E-state index is 12.0. The summed E-state index contributed by atoms with van der Waals surface area (Å²) in [5, 5.41) is 7.31. The monoisotopic (exact) mass is 330 g/mol. The molecule has 0 saturated carbocycles. The minimum atomic E-state index is -4.38. The summed E-state index contributed by atoms with van der Waals surface area (Å²) in [6.07, 6.45) is -6.25. The van der Waals surface area contributed by atoms with Gasteiger partial charge in [-0.1, -0.05) is 0 Å². The lowest BCUT2D eigenvalue weighted by atomic mass is 10.2. The van der Waals surface area contributed by atoms with Crippen molar-refractivity contribution >= 4 is 27.3 Å². The Labute approximate surface area is 118 Å². The van der Waals surface area contributed by atoms with E-state index in [9.17, 15) is 26.4 Å². The molecule has 0 fully saturated rings. The van der Waals surface area contributed by atoms with E-state index >= 15 is 0 Å². The van der Waals surface area contributed by atoms with Gasteiger partial charge in [-0.05, 0) is 19.1 Å². The smallest absolute Gasteiger partial charge is 0.349 e. The van der Waals surface area contributed by atoms with Gasteiger partial charge >= 0.3 is 6.18 Å². The van der Waals surface area contributed by atoms with Gasteiger partial charge in [0.15, 0.2) is 0 Å². The summed E-state index contributed by atoms with van der Waals surface area (Å²) >= 11 is 0.864. The number of amides is 1. The van der Waals surface area contributed by atoms with Crippen LogP contribution in [0.3, 0.4) is 0 Å². The quantitative estimate of drug-likeness (QED) is 0.864. The summed E-state index contributed by atoms with van der Waals surface area (Å²) in [6, 6.07) is 2.16. The number of sulfonamides is 1. The summed E-state index contributed by atoms with van der Waals surface area (Å²) < 4.78 is 58.0. The van der Waals surface area contributed by atoms with Gasteiger partial charge < -0.3 is 5.32 Å². The fourth-order valence-corrected chi connectivity index (χ4v) is 3.11. The number of primary sulfonamides is 1. The Morgan fingerprint density at radius 3 is 2.50 bits per heavy atom. The molecular formula is C10H13F3N2O3S2. The van der Waals surface area contributed by atoms with Gasteiger partial charge in [0.25, 0.3) is 0 Å². The first-order valence-electron chi connectivity index (χ1n) is 5.47. The van der Waals surface area contributed by atoms with E-state index in [0.717, 1.165) is 11.3 Å². The van der Waals surface area contributed by atoms with E-state index in [4.69, 9.17) is 5.14 Å². The van der Waals surface area contributed by atoms with Gasteiger partial charge in [-0.2, -0.15) is 13.2 Å². The first kappa shape index (κ1) is 16.9. The largest absolute Gasteiger partial charge is 0.389 e. The molecule has 0 aliphatic heterocycles. The third-order valence-electron chi connectivity index (χ3n) is 2.32. The minimum Gasteiger partial charge on any atom is -0.349 e. The van der Waals surface area contributed by atoms with Gasteiger partial charge in [0.05, 0.1) is 12.5 Å². The number of nitrogens with one attached hydrogen (secondary N) is 1. The van der Waals surface area contributed by atoms with Crippen LogP contribution in [0.15, 0.2) is 16.3 Å². The van der Waals surface area contributed by atoms with Crippen molar-refractivity contribution in [1.29, 1.82) is 0 Å². The van der Waals surface area contributed by atoms with Crippen LogP contribution in [-0.4, -0.2) is 20.5 Å². The van der Waals surface area contributed by atoms with Crippen LogP contribution in [0.5, 0.6) is 0 Å². The number of rotatable bonds is 5. The number of thiophene rings is 1. The zero-order chi connectivity index (χ0) is 15.6. The van der Waals surface area contributed by atoms with Crippen molar-refractivity contribution in [1.82, 2.24) is 5.32 Å². The molecule has 0 saturated heterocycles. The van der Waals surface area contributed by atoms with Gasteiger partial charge in [-0.15, -0.1) is 11.3 Å². The molecule has 10 heteroatoms. The Hall–Kier alpha value is -1.13. The van der Waals surface area contributed by atoms with Gasteiger partial charge in [0.1, 0.15) is 4.21 Å². The molecule has 20 heavy (non-hydrogen) atoms. The average Bonchev–Trinajstić information content (AvgIpc) is 2.74. The number of hydrogen-bond acceptors (Lipinski definition) is 4. The lowest BCUT2D eigenvalue weighted by Crippen LogP contribution is -2.27. The first-order valence-corrected chi connectivity index (χ1v) is 7.84. The molecule has 0 aliphatic rings. The number of halogens is 3. The molecule has 0 spiro atoms. The van der Waals surface area contributed by atoms with Crippen molar-refractivity contribution in [3.05, 3.63) is 17.0 Å². The van der Waals surface area contributed by atoms with Crippen molar-refractivity contribution in [2.45, 2.75) is 36.2 Å². The molecule has 1 rings (SSSR count). The van der Waals surface area contributed by atoms with Crippen molar-refractivity contribution in [3.8, 4) is 0 Å². The lowest BCUT2D eigenvalue weighted by molar-refractivity contribution is -0.144. The average molecular weight is 330 g/mol. The topological polar surface area (TPSA) is 89.3 Å². The second-order valence-electron chi connectivity index (χ2n) is 4.11. The van der Waals surface area contributed by atoms with Crippen molar-refractivity contribution < 1.29 is 26.4 Å². The van der Waals surface area contributed by atoms with Crippen molar-refractivity contribution in [2.24, 2.45) is 5.14 Å². The Morgan fingerprint density at radius 2 is 2.05 bits per heavy atom. The predicted molar refractivity (Wildman–Crippen MR) is 67.5 cm³/mol. The molecule has 0 aromatic carbocycles. The highest BCUT2D eigenvalue weighted by molar-refractivity contribution is 7.91. The van der Waals surface area contributed by atoms with Crippen LogP contribution >= 0.6 is 11.3 Å². The molecule has 1 heterocycles. The normalized spacial score (nSPS) is 14.1. The molecule has 114 valence electrons. The molecule has 1 atom stereocenters. The molecule has 0 aliphatic carbocycles. The predicted octanol–water partition coefficient (Wildman–Crippen LogP) is 1.92. The molecular weight excluding hydrogens is 317 g/mol. The van der Waals surface area contributed by atoms with Crippen LogP contribution in [0.1, 0.15) is 30.7 Å². The minimum absolute atomic E-state index is 0.0658. The molecule has 1 amide bonds. The van der Waals surface area contributed by atoms with Gasteiger partial charge in [-0.3, -0.25) is 4.79 Å². The van der Waals surface area contributed by atoms with Crippen LogP contribution in [-0.2, 0) is 14.8 Å². The zero-order valence-corrected chi connectivity index (χ0v) is 12.0. The summed E-state index contributed by atoms with van der Waals surface area (Å²) in [5.74, 6) is -0.750. The van der Waals surface area contributed by atoms with Crippen molar-refractivity contribution in [3.63, 3.8) is 0 Å². The van der Waals surface area contributed by atoms with Gasteiger partial charge in [0.2, 0.25) is 15.9 Å². The lowest BCUT2D eigenvalue weighted by Gasteiger charge is -2.12. The highest BCUT2D eigenvalue weighted by atomic mass is 32.2. The Balaban J connectivity index is 2.61. The van der Waals surface area contributed by atoms with E-state index in [1.807, 2.05) is 0 Å². The number of alkyl halides is 3. The maximum atomic E-state index is 12.0. The standard InChI is InChI=1S/C10H13F3N2O3S2/c1-6(15-8(16)4-5-10(11,12)13)7-2-3-9(19-7)20(14,17)18/h2-3,6H,4-5H2,1H3,(H,15,16)(H2,14,17,18). The molecule has 1 unspecified atom stereocenters. The second kappa shape index (κ2) is 6.10. The highest BCUT2D eigenvalue weighted by Gasteiger charge is 2.28. The Kier molecular flexibility index (Phi) is 5.16. The third-order valence-corrected chi connectivity index (χ3v) is 5.03. The first-order chi connectivity index (χ1) is 8.99. The number of carbonyl (C=O) groups is 1. The Bertz CT molecular complexity index is 581. The zero-order valence-electron chi connectivity index (χ0n) is 10.4. The molecule has 5 nitrogen and oxygen atoms in total. The molecule has 3 N–H and O–H groups in total. The van der Waals surface area contributed by atoms with Crippen LogP contribution in [0.25, 0.3) is 0 Å². The fraction of sp³-hybridized carbons (Fsp3) is 0.500. The summed E-state index contributed by atoms with van der Waals surface area (Å²) in [6.45, 7) is 1.55. The number of nitrogens with two attached hydrogens (primary N) is 1. The summed E-state index contributed by atoms with van der Waals surface area (Å²) in [7, 11) is -3.82. The highest BCUT2D eigenvalue weighted by Crippen LogP contribution is 2.26. The van der Waals surface area contributed by atoms with E-state index in [0.29, 0.717) is 4.88 Å². The fourth-order valence-electron chi connectivity index (χ4n) is 1.36. The van der Waals surface area contributed by atoms with Crippen LogP contribution in [0.4, 0.5) is 13.2 Å². The molecule has 1 aromatic rings. The summed E-state index contributed by atoms with van der Waals surface area (Å²) in [5.41, 5.74) is 0. The van der Waals surface area contributed by atoms with Crippen LogP contribution in [0, 0.1) is 0 Å². The maximum Gasteiger partial charge on any atom is 0.389 e. The third kappa shape index (κ3) is 5.47. The number of carbonyl (C=O) groups excluding carboxylic acids is 1. The molecule has 1 aromatic heterocycles. The number of hydrogen-bond donors (Lipinski definition) is 2. The SMILES string of the molecule is CC(NC(=O)CCC(F)(F)F)c1ccc(S(N)(=O)=O)s1. The molecule has 0 bridgehead atoms. The van der Waals surface area contributed by atoms with Gasteiger partial charge in [-0.25, -0.2) is 13.6 Å². The van der Waals surface area contributed by atoms with Crippen LogP contribution in [0.2, 0.25) is 0 Å². The van der Waals surface area contributed by atoms with E-state index in [-0.39, 0.29) is 4.21 Å². The van der Waals surface area contributed by atoms with E-state index in [1.165, 1.54) is 12.1 Å². The summed E-state index contributed by atoms with van der Waals surface area (Å²) in [4.78, 5) is 11.8. The van der Waals surface area contributed by atoms with Crippen LogP contribution < -0.4 is 10.5 Å². The van der Waals surface area contributed by atoms with E-state index < -0.39 is 41.0 Å². The van der Waals surface area contributed by atoms with E-state index in [2.05, 4.69) is 5.32 Å². The molecule has 0 radical (unpaired) electrons.